The number of carbonyl (C=O) groups excluding carboxylic acids is 3. The van der Waals surface area contributed by atoms with Crippen LogP contribution in [-0.4, -0.2) is 85.7 Å². The maximum atomic E-state index is 14.1. The quantitative estimate of drug-likeness (QED) is 0.459. The van der Waals surface area contributed by atoms with E-state index < -0.39 is 47.7 Å². The van der Waals surface area contributed by atoms with Gasteiger partial charge in [-0.3, -0.25) is 9.59 Å². The third-order valence-corrected chi connectivity index (χ3v) is 10.3. The molecule has 0 spiro atoms. The van der Waals surface area contributed by atoms with E-state index in [4.69, 9.17) is 18.9 Å². The molecule has 4 unspecified atom stereocenters. The summed E-state index contributed by atoms with van der Waals surface area (Å²) in [6, 6.07) is 0. The van der Waals surface area contributed by atoms with Gasteiger partial charge >= 0.3 is 6.16 Å². The Labute approximate surface area is 230 Å². The van der Waals surface area contributed by atoms with Crippen molar-refractivity contribution in [3.63, 3.8) is 0 Å². The van der Waals surface area contributed by atoms with E-state index in [-0.39, 0.29) is 35.9 Å². The van der Waals surface area contributed by atoms with Crippen molar-refractivity contribution < 1.29 is 38.4 Å². The minimum Gasteiger partial charge on any atom is -0.433 e. The smallest absolute Gasteiger partial charge is 0.433 e. The molecular formula is C30H43NO8. The number of hydrogen-bond acceptors (Lipinski definition) is 9. The fourth-order valence-corrected chi connectivity index (χ4v) is 8.59. The van der Waals surface area contributed by atoms with Crippen molar-refractivity contribution in [1.29, 1.82) is 0 Å². The predicted octanol–water partition coefficient (Wildman–Crippen LogP) is 3.44. The summed E-state index contributed by atoms with van der Waals surface area (Å²) in [5.74, 6) is -0.209. The number of aliphatic hydroxyl groups is 1. The average Bonchev–Trinajstić information content (AvgIpc) is 3.35. The second kappa shape index (κ2) is 10.4. The number of fused-ring (bicyclic) bond motifs is 7. The molecule has 9 heteroatoms. The average molecular weight is 546 g/mol. The Morgan fingerprint density at radius 2 is 2.00 bits per heavy atom. The molecule has 39 heavy (non-hydrogen) atoms. The molecule has 0 amide bonds. The molecule has 0 aromatic carbocycles. The molecule has 216 valence electrons. The lowest BCUT2D eigenvalue weighted by Crippen LogP contribution is -2.63. The van der Waals surface area contributed by atoms with E-state index in [9.17, 15) is 19.5 Å². The van der Waals surface area contributed by atoms with Crippen molar-refractivity contribution in [3.05, 3.63) is 23.8 Å². The summed E-state index contributed by atoms with van der Waals surface area (Å²) in [5, 5.41) is 11.8. The van der Waals surface area contributed by atoms with Gasteiger partial charge in [0.1, 0.15) is 6.61 Å². The number of nitrogens with zero attached hydrogens (tertiary/aromatic N) is 1. The lowest BCUT2D eigenvalue weighted by molar-refractivity contribution is -0.200. The van der Waals surface area contributed by atoms with Crippen LogP contribution >= 0.6 is 0 Å². The zero-order valence-electron chi connectivity index (χ0n) is 23.8. The maximum absolute atomic E-state index is 14.1. The molecular weight excluding hydrogens is 502 g/mol. The van der Waals surface area contributed by atoms with Gasteiger partial charge in [0.25, 0.3) is 0 Å². The first kappa shape index (κ1) is 28.5. The van der Waals surface area contributed by atoms with Crippen molar-refractivity contribution in [2.45, 2.75) is 83.4 Å². The number of rotatable bonds is 8. The molecule has 1 heterocycles. The summed E-state index contributed by atoms with van der Waals surface area (Å²) < 4.78 is 23.4. The van der Waals surface area contributed by atoms with E-state index >= 15 is 0 Å². The molecule has 5 rings (SSSR count). The van der Waals surface area contributed by atoms with Crippen LogP contribution in [0.5, 0.6) is 0 Å². The number of allylic oxidation sites excluding steroid dienone is 4. The monoisotopic (exact) mass is 545 g/mol. The minimum atomic E-state index is -1.32. The highest BCUT2D eigenvalue weighted by Crippen LogP contribution is 2.69. The first-order valence-electron chi connectivity index (χ1n) is 14.4. The van der Waals surface area contributed by atoms with Crippen LogP contribution < -0.4 is 0 Å². The summed E-state index contributed by atoms with van der Waals surface area (Å²) in [4.78, 5) is 40.3. The van der Waals surface area contributed by atoms with E-state index in [0.717, 1.165) is 24.8 Å². The number of Topliss-reactive ketones (excluding diaryl/α,β-unsaturated/α-hetero) is 1. The van der Waals surface area contributed by atoms with Gasteiger partial charge in [-0.25, -0.2) is 4.79 Å². The Balaban J connectivity index is 1.41. The minimum absolute atomic E-state index is 0.0000165. The summed E-state index contributed by atoms with van der Waals surface area (Å²) in [6.45, 7) is 6.46. The lowest BCUT2D eigenvalue weighted by Gasteiger charge is -2.59. The van der Waals surface area contributed by atoms with Crippen LogP contribution in [0.1, 0.15) is 59.3 Å². The first-order valence-corrected chi connectivity index (χ1v) is 14.4. The number of hydrogen-bond donors (Lipinski definition) is 1. The number of likely N-dealkylation sites (N-methyl/N-ethyl adjacent to an activating group) is 1. The van der Waals surface area contributed by atoms with Crippen molar-refractivity contribution in [1.82, 2.24) is 4.90 Å². The molecule has 5 aliphatic rings. The van der Waals surface area contributed by atoms with Crippen molar-refractivity contribution in [2.75, 3.05) is 33.9 Å². The number of ketones is 2. The SMILES string of the molecule is CCCC1O[C@@H]2CC3C4CCC5=CC(=O)C=C[C@]5(C)C4[C@@H](O)C[C@]3(C)[C@]2(C(=O)COC(=O)OCCN(C)C)O1. The van der Waals surface area contributed by atoms with Crippen LogP contribution in [0.3, 0.4) is 0 Å². The van der Waals surface area contributed by atoms with E-state index in [1.54, 1.807) is 12.2 Å². The zero-order chi connectivity index (χ0) is 28.2. The van der Waals surface area contributed by atoms with Crippen LogP contribution in [0, 0.1) is 28.6 Å². The van der Waals surface area contributed by atoms with E-state index in [1.165, 1.54) is 0 Å². The molecule has 4 fully saturated rings. The molecule has 0 bridgehead atoms. The molecule has 0 aromatic heterocycles. The zero-order valence-corrected chi connectivity index (χ0v) is 23.8. The first-order chi connectivity index (χ1) is 18.5. The Bertz CT molecular complexity index is 1070. The van der Waals surface area contributed by atoms with Crippen LogP contribution in [0.15, 0.2) is 23.8 Å². The largest absolute Gasteiger partial charge is 0.508 e. The fraction of sp³-hybridized carbons (Fsp3) is 0.767. The molecule has 0 radical (unpaired) electrons. The molecule has 1 saturated heterocycles. The van der Waals surface area contributed by atoms with Gasteiger partial charge in [-0.05, 0) is 70.2 Å². The topological polar surface area (TPSA) is 112 Å². The Morgan fingerprint density at radius 1 is 1.23 bits per heavy atom. The van der Waals surface area contributed by atoms with Crippen LogP contribution in [0.25, 0.3) is 0 Å². The van der Waals surface area contributed by atoms with Crippen molar-refractivity contribution in [2.24, 2.45) is 28.6 Å². The van der Waals surface area contributed by atoms with E-state index in [0.29, 0.717) is 25.8 Å². The van der Waals surface area contributed by atoms with Gasteiger partial charge in [-0.2, -0.15) is 0 Å². The van der Waals surface area contributed by atoms with Crippen molar-refractivity contribution in [3.8, 4) is 0 Å². The van der Waals surface area contributed by atoms with Gasteiger partial charge in [-0.1, -0.05) is 38.8 Å². The molecule has 1 aliphatic heterocycles. The third kappa shape index (κ3) is 4.49. The summed E-state index contributed by atoms with van der Waals surface area (Å²) in [6.07, 6.45) is 6.85. The highest BCUT2D eigenvalue weighted by molar-refractivity contribution is 6.01. The fourth-order valence-electron chi connectivity index (χ4n) is 8.59. The predicted molar refractivity (Wildman–Crippen MR) is 142 cm³/mol. The Kier molecular flexibility index (Phi) is 7.59. The van der Waals surface area contributed by atoms with Crippen LogP contribution in [0.2, 0.25) is 0 Å². The van der Waals surface area contributed by atoms with Crippen LogP contribution in [-0.2, 0) is 28.5 Å². The molecule has 3 saturated carbocycles. The molecule has 9 nitrogen and oxygen atoms in total. The van der Waals surface area contributed by atoms with Crippen molar-refractivity contribution >= 4 is 17.7 Å². The van der Waals surface area contributed by atoms with Crippen LogP contribution in [0.4, 0.5) is 4.79 Å². The van der Waals surface area contributed by atoms with Gasteiger partial charge in [-0.15, -0.1) is 0 Å². The maximum Gasteiger partial charge on any atom is 0.508 e. The van der Waals surface area contributed by atoms with Gasteiger partial charge in [0, 0.05) is 23.3 Å². The Morgan fingerprint density at radius 3 is 2.72 bits per heavy atom. The number of aliphatic hydroxyl groups excluding tert-OH is 1. The standard InChI is InChI=1S/C30H43NO8/c1-6-7-25-38-24-15-21-20-9-8-18-14-19(32)10-11-28(18,2)26(20)22(33)16-29(21,3)30(24,39-25)23(34)17-37-27(35)36-13-12-31(4)5/h10-11,14,20-22,24-26,33H,6-9,12-13,15-17H2,1-5H3/t20?,21?,22-,24+,25?,26?,28-,29-,30+/m0/s1. The second-order valence-corrected chi connectivity index (χ2v) is 12.8. The number of ether oxygens (including phenoxy) is 4. The Hall–Kier alpha value is -2.07. The van der Waals surface area contributed by atoms with Gasteiger partial charge < -0.3 is 29.0 Å². The number of carbonyl (C=O) groups is 3. The van der Waals surface area contributed by atoms with Gasteiger partial charge in [0.2, 0.25) is 5.78 Å². The summed E-state index contributed by atoms with van der Waals surface area (Å²) in [7, 11) is 3.74. The summed E-state index contributed by atoms with van der Waals surface area (Å²) in [5.41, 5.74) is -1.34. The summed E-state index contributed by atoms with van der Waals surface area (Å²) >= 11 is 0. The van der Waals surface area contributed by atoms with Gasteiger partial charge in [0.05, 0.1) is 12.2 Å². The molecule has 1 N–H and O–H groups in total. The molecule has 9 atom stereocenters. The third-order valence-electron chi connectivity index (χ3n) is 10.3. The van der Waals surface area contributed by atoms with Gasteiger partial charge in [0.15, 0.2) is 24.3 Å². The second-order valence-electron chi connectivity index (χ2n) is 12.8. The molecule has 4 aliphatic carbocycles. The van der Waals surface area contributed by atoms with E-state index in [2.05, 4.69) is 13.8 Å². The lowest BCUT2D eigenvalue weighted by atomic mass is 9.46. The van der Waals surface area contributed by atoms with E-state index in [1.807, 2.05) is 32.0 Å². The molecule has 0 aromatic rings. The normalized spacial score (nSPS) is 42.3. The highest BCUT2D eigenvalue weighted by Gasteiger charge is 2.75. The highest BCUT2D eigenvalue weighted by atomic mass is 16.7.